The van der Waals surface area contributed by atoms with E-state index in [2.05, 4.69) is 0 Å². The molecule has 2 unspecified atom stereocenters. The second-order valence-electron chi connectivity index (χ2n) is 3.72. The van der Waals surface area contributed by atoms with Crippen molar-refractivity contribution >= 4 is 5.97 Å². The van der Waals surface area contributed by atoms with Crippen molar-refractivity contribution in [3.05, 3.63) is 23.8 Å². The Balaban J connectivity index is 2.50. The van der Waals surface area contributed by atoms with Crippen LogP contribution < -0.4 is 4.74 Å². The Hall–Kier alpha value is -1.51. The van der Waals surface area contributed by atoms with Crippen molar-refractivity contribution in [1.29, 1.82) is 0 Å². The second-order valence-corrected chi connectivity index (χ2v) is 3.72. The van der Waals surface area contributed by atoms with Crippen molar-refractivity contribution < 1.29 is 14.6 Å². The van der Waals surface area contributed by atoms with Gasteiger partial charge in [0.05, 0.1) is 5.92 Å². The molecule has 0 saturated carbocycles. The van der Waals surface area contributed by atoms with E-state index in [1.807, 2.05) is 13.8 Å². The highest BCUT2D eigenvalue weighted by molar-refractivity contribution is 5.79. The van der Waals surface area contributed by atoms with Gasteiger partial charge in [-0.1, -0.05) is 19.9 Å². The first-order chi connectivity index (χ1) is 6.59. The molecule has 0 fully saturated rings. The van der Waals surface area contributed by atoms with Gasteiger partial charge in [-0.15, -0.1) is 0 Å². The summed E-state index contributed by atoms with van der Waals surface area (Å²) in [6.45, 7) is 3.84. The number of carbonyl (C=O) groups excluding carboxylic acids is 1. The van der Waals surface area contributed by atoms with E-state index in [4.69, 9.17) is 4.74 Å². The van der Waals surface area contributed by atoms with Gasteiger partial charge in [-0.05, 0) is 17.5 Å². The fourth-order valence-electron chi connectivity index (χ4n) is 1.66. The fourth-order valence-corrected chi connectivity index (χ4v) is 1.66. The molecular weight excluding hydrogens is 180 g/mol. The number of aromatic hydroxyl groups is 1. The number of hydrogen-bond acceptors (Lipinski definition) is 3. The molecule has 1 aromatic carbocycles. The van der Waals surface area contributed by atoms with E-state index in [0.717, 1.165) is 5.56 Å². The highest BCUT2D eigenvalue weighted by atomic mass is 16.5. The maximum atomic E-state index is 11.4. The van der Waals surface area contributed by atoms with Crippen LogP contribution in [0.4, 0.5) is 0 Å². The minimum Gasteiger partial charge on any atom is -0.508 e. The van der Waals surface area contributed by atoms with Gasteiger partial charge < -0.3 is 9.84 Å². The van der Waals surface area contributed by atoms with Crippen LogP contribution in [0, 0.1) is 5.92 Å². The number of carbonyl (C=O) groups is 1. The lowest BCUT2D eigenvalue weighted by Crippen LogP contribution is -2.28. The van der Waals surface area contributed by atoms with Crippen molar-refractivity contribution in [1.82, 2.24) is 0 Å². The van der Waals surface area contributed by atoms with E-state index in [0.29, 0.717) is 5.75 Å². The van der Waals surface area contributed by atoms with Crippen LogP contribution in [-0.2, 0) is 4.79 Å². The van der Waals surface area contributed by atoms with Crippen molar-refractivity contribution in [2.24, 2.45) is 5.92 Å². The van der Waals surface area contributed by atoms with E-state index >= 15 is 0 Å². The highest BCUT2D eigenvalue weighted by Gasteiger charge is 2.31. The lowest BCUT2D eigenvalue weighted by Gasteiger charge is -2.26. The molecule has 14 heavy (non-hydrogen) atoms. The monoisotopic (exact) mass is 192 g/mol. The third-order valence-electron chi connectivity index (χ3n) is 2.82. The third kappa shape index (κ3) is 1.25. The fraction of sp³-hybridized carbons (Fsp3) is 0.364. The number of esters is 1. The largest absolute Gasteiger partial charge is 0.508 e. The first-order valence-corrected chi connectivity index (χ1v) is 4.64. The molecule has 0 aliphatic carbocycles. The summed E-state index contributed by atoms with van der Waals surface area (Å²) in [5.41, 5.74) is 0.981. The predicted molar refractivity (Wildman–Crippen MR) is 51.3 cm³/mol. The molecule has 74 valence electrons. The Morgan fingerprint density at radius 2 is 2.00 bits per heavy atom. The molecule has 0 radical (unpaired) electrons. The van der Waals surface area contributed by atoms with E-state index < -0.39 is 0 Å². The average Bonchev–Trinajstić information content (AvgIpc) is 2.14. The van der Waals surface area contributed by atoms with E-state index in [1.165, 1.54) is 6.07 Å². The lowest BCUT2D eigenvalue weighted by molar-refractivity contribution is -0.140. The first kappa shape index (κ1) is 9.06. The molecule has 3 nitrogen and oxygen atoms in total. The number of rotatable bonds is 0. The van der Waals surface area contributed by atoms with Gasteiger partial charge in [0.15, 0.2) is 0 Å². The number of phenols is 1. The van der Waals surface area contributed by atoms with Crippen LogP contribution in [0.5, 0.6) is 11.5 Å². The molecule has 1 N–H and O–H groups in total. The predicted octanol–water partition coefficient (Wildman–Crippen LogP) is 2.05. The smallest absolute Gasteiger partial charge is 0.314 e. The number of benzene rings is 1. The molecule has 1 aromatic rings. The van der Waals surface area contributed by atoms with E-state index in [9.17, 15) is 9.90 Å². The summed E-state index contributed by atoms with van der Waals surface area (Å²) < 4.78 is 5.10. The van der Waals surface area contributed by atoms with Crippen LogP contribution in [0.1, 0.15) is 25.3 Å². The van der Waals surface area contributed by atoms with Gasteiger partial charge in [0.25, 0.3) is 0 Å². The third-order valence-corrected chi connectivity index (χ3v) is 2.82. The maximum absolute atomic E-state index is 11.4. The van der Waals surface area contributed by atoms with Gasteiger partial charge in [0.1, 0.15) is 11.5 Å². The minimum absolute atomic E-state index is 0.118. The number of phenolic OH excluding ortho intramolecular Hbond substituents is 1. The number of fused-ring (bicyclic) bond motifs is 1. The molecule has 2 rings (SSSR count). The molecule has 0 amide bonds. The Kier molecular flexibility index (Phi) is 1.95. The molecular formula is C11H12O3. The van der Waals surface area contributed by atoms with Crippen molar-refractivity contribution in [3.8, 4) is 11.5 Å². The summed E-state index contributed by atoms with van der Waals surface area (Å²) >= 11 is 0. The summed E-state index contributed by atoms with van der Waals surface area (Å²) in [6.07, 6.45) is 0. The van der Waals surface area contributed by atoms with Gasteiger partial charge >= 0.3 is 5.97 Å². The molecule has 3 heteroatoms. The molecule has 0 bridgehead atoms. The normalized spacial score (nSPS) is 25.4. The number of hydrogen-bond donors (Lipinski definition) is 1. The van der Waals surface area contributed by atoms with Gasteiger partial charge in [-0.2, -0.15) is 0 Å². The zero-order valence-electron chi connectivity index (χ0n) is 8.15. The molecule has 1 aliphatic heterocycles. The molecule has 0 aromatic heterocycles. The van der Waals surface area contributed by atoms with Crippen LogP contribution in [0.2, 0.25) is 0 Å². The Morgan fingerprint density at radius 3 is 2.71 bits per heavy atom. The zero-order valence-corrected chi connectivity index (χ0v) is 8.15. The van der Waals surface area contributed by atoms with Crippen LogP contribution in [-0.4, -0.2) is 11.1 Å². The van der Waals surface area contributed by atoms with Crippen molar-refractivity contribution in [3.63, 3.8) is 0 Å². The van der Waals surface area contributed by atoms with Crippen LogP contribution in [0.15, 0.2) is 18.2 Å². The molecule has 0 spiro atoms. The van der Waals surface area contributed by atoms with Crippen LogP contribution in [0.25, 0.3) is 0 Å². The molecule has 1 aliphatic rings. The highest BCUT2D eigenvalue weighted by Crippen LogP contribution is 2.38. The van der Waals surface area contributed by atoms with E-state index in [-0.39, 0.29) is 23.6 Å². The summed E-state index contributed by atoms with van der Waals surface area (Å²) in [5.74, 6) is 0.411. The summed E-state index contributed by atoms with van der Waals surface area (Å²) in [5, 5.41) is 9.24. The van der Waals surface area contributed by atoms with Gasteiger partial charge in [0, 0.05) is 6.07 Å². The quantitative estimate of drug-likeness (QED) is 0.505. The average molecular weight is 192 g/mol. The summed E-state index contributed by atoms with van der Waals surface area (Å²) in [4.78, 5) is 11.4. The lowest BCUT2D eigenvalue weighted by atomic mass is 9.86. The van der Waals surface area contributed by atoms with Crippen molar-refractivity contribution in [2.75, 3.05) is 0 Å². The van der Waals surface area contributed by atoms with Crippen LogP contribution >= 0.6 is 0 Å². The topological polar surface area (TPSA) is 46.5 Å². The standard InChI is InChI=1S/C11H12O3/c1-6-7(2)11(13)14-10-5-8(12)3-4-9(6)10/h3-7,12H,1-2H3. The maximum Gasteiger partial charge on any atom is 0.314 e. The van der Waals surface area contributed by atoms with Crippen LogP contribution in [0.3, 0.4) is 0 Å². The SMILES string of the molecule is CC1C(=O)Oc2cc(O)ccc2C1C. The zero-order chi connectivity index (χ0) is 10.3. The van der Waals surface area contributed by atoms with Gasteiger partial charge in [-0.25, -0.2) is 0 Å². The van der Waals surface area contributed by atoms with Crippen molar-refractivity contribution in [2.45, 2.75) is 19.8 Å². The first-order valence-electron chi connectivity index (χ1n) is 4.64. The second kappa shape index (κ2) is 3.01. The molecule has 1 heterocycles. The summed E-state index contributed by atoms with van der Waals surface area (Å²) in [7, 11) is 0. The van der Waals surface area contributed by atoms with E-state index in [1.54, 1.807) is 12.1 Å². The van der Waals surface area contributed by atoms with Gasteiger partial charge in [-0.3, -0.25) is 4.79 Å². The Bertz CT molecular complexity index is 384. The molecule has 2 atom stereocenters. The Labute approximate surface area is 82.3 Å². The minimum atomic E-state index is -0.226. The van der Waals surface area contributed by atoms with Gasteiger partial charge in [0.2, 0.25) is 0 Å². The Morgan fingerprint density at radius 1 is 1.29 bits per heavy atom. The number of ether oxygens (including phenoxy) is 1. The summed E-state index contributed by atoms with van der Waals surface area (Å²) in [6, 6.07) is 4.90. The molecule has 0 saturated heterocycles.